The molecule has 0 bridgehead atoms. The summed E-state index contributed by atoms with van der Waals surface area (Å²) in [5, 5.41) is 98.8. The van der Waals surface area contributed by atoms with Crippen LogP contribution in [0.4, 0.5) is 0 Å². The summed E-state index contributed by atoms with van der Waals surface area (Å²) in [6.07, 6.45) is -22.8. The standard InChI is InChI=1S/C29H57N7O16/c30-5-13(40)19(42)26(46)36-11-3-9(32)23(50-27-10(33)4-12(39)15(48-27)7-35-1-2-37)25(18(11)41)52-29-22(45)24(16(8-38)49-29)51-28-17(34)21(44)20(43)14(6-31)47-28/h9-25,27-29,35,37-45H,1-8,30-34H2,(H,36,46)/t9-,10+,11+,12-,13+,14-,15+,16+,17+,18-,19?,20+,21+,22+,23+,24+,25+,27+,28+,29-/m0/s1. The molecule has 1 saturated carbocycles. The molecule has 23 nitrogen and oxygen atoms in total. The van der Waals surface area contributed by atoms with Crippen LogP contribution in [0.3, 0.4) is 0 Å². The molecule has 304 valence electrons. The molecule has 21 N–H and O–H groups in total. The van der Waals surface area contributed by atoms with Crippen molar-refractivity contribution in [2.24, 2.45) is 28.7 Å². The van der Waals surface area contributed by atoms with E-state index >= 15 is 0 Å². The van der Waals surface area contributed by atoms with Crippen LogP contribution in [0, 0.1) is 0 Å². The van der Waals surface area contributed by atoms with Crippen LogP contribution in [-0.2, 0) is 33.2 Å². The van der Waals surface area contributed by atoms with Gasteiger partial charge in [-0.05, 0) is 12.8 Å². The minimum atomic E-state index is -1.95. The number of aliphatic hydroxyl groups is 9. The molecule has 3 heterocycles. The van der Waals surface area contributed by atoms with Crippen molar-refractivity contribution in [3.8, 4) is 0 Å². The number of carbonyl (C=O) groups excluding carboxylic acids is 1. The third-order valence-corrected chi connectivity index (χ3v) is 9.78. The molecule has 0 spiro atoms. The Bertz CT molecular complexity index is 1110. The highest BCUT2D eigenvalue weighted by Crippen LogP contribution is 2.34. The topological polar surface area (TPSA) is 409 Å². The van der Waals surface area contributed by atoms with E-state index < -0.39 is 141 Å². The lowest BCUT2D eigenvalue weighted by Gasteiger charge is -2.47. The Morgan fingerprint density at radius 2 is 1.38 bits per heavy atom. The van der Waals surface area contributed by atoms with Crippen molar-refractivity contribution < 1.29 is 79.2 Å². The molecule has 20 atom stereocenters. The number of aliphatic hydroxyl groups excluding tert-OH is 9. The number of hydrogen-bond acceptors (Lipinski definition) is 22. The highest BCUT2D eigenvalue weighted by Gasteiger charge is 2.54. The monoisotopic (exact) mass is 759 g/mol. The molecule has 0 aromatic rings. The third-order valence-electron chi connectivity index (χ3n) is 9.78. The van der Waals surface area contributed by atoms with Gasteiger partial charge in [0.1, 0.15) is 61.0 Å². The molecule has 1 aliphatic carbocycles. The number of ether oxygens (including phenoxy) is 6. The fraction of sp³-hybridized carbons (Fsp3) is 0.966. The quantitative estimate of drug-likeness (QED) is 0.0649. The van der Waals surface area contributed by atoms with Crippen LogP contribution < -0.4 is 39.3 Å². The van der Waals surface area contributed by atoms with Crippen LogP contribution in [0.5, 0.6) is 0 Å². The smallest absolute Gasteiger partial charge is 0.251 e. The Labute approximate surface area is 299 Å². The first-order valence-electron chi connectivity index (χ1n) is 17.3. The minimum absolute atomic E-state index is 0.0377. The van der Waals surface area contributed by atoms with E-state index in [4.69, 9.17) is 62.2 Å². The molecule has 0 radical (unpaired) electrons. The molecule has 1 amide bonds. The summed E-state index contributed by atoms with van der Waals surface area (Å²) in [4.78, 5) is 12.8. The molecule has 23 heteroatoms. The summed E-state index contributed by atoms with van der Waals surface area (Å²) in [5.74, 6) is -1.07. The maximum absolute atomic E-state index is 12.8. The molecule has 4 rings (SSSR count). The van der Waals surface area contributed by atoms with E-state index in [2.05, 4.69) is 10.6 Å². The van der Waals surface area contributed by atoms with Crippen molar-refractivity contribution in [3.63, 3.8) is 0 Å². The van der Waals surface area contributed by atoms with Gasteiger partial charge in [-0.1, -0.05) is 0 Å². The van der Waals surface area contributed by atoms with Crippen molar-refractivity contribution >= 4 is 5.91 Å². The van der Waals surface area contributed by atoms with Crippen LogP contribution in [0.1, 0.15) is 12.8 Å². The van der Waals surface area contributed by atoms with Gasteiger partial charge in [-0.2, -0.15) is 0 Å². The number of hydrogen-bond donors (Lipinski definition) is 16. The van der Waals surface area contributed by atoms with Crippen molar-refractivity contribution in [3.05, 3.63) is 0 Å². The Morgan fingerprint density at radius 1 is 0.750 bits per heavy atom. The average Bonchev–Trinajstić information content (AvgIpc) is 3.42. The minimum Gasteiger partial charge on any atom is -0.395 e. The predicted octanol–water partition coefficient (Wildman–Crippen LogP) is -10.4. The summed E-state index contributed by atoms with van der Waals surface area (Å²) >= 11 is 0. The van der Waals surface area contributed by atoms with Crippen molar-refractivity contribution in [1.82, 2.24) is 10.6 Å². The Balaban J connectivity index is 1.56. The summed E-state index contributed by atoms with van der Waals surface area (Å²) in [7, 11) is 0. The van der Waals surface area contributed by atoms with E-state index in [1.54, 1.807) is 0 Å². The lowest BCUT2D eigenvalue weighted by Crippen LogP contribution is -2.67. The van der Waals surface area contributed by atoms with Gasteiger partial charge in [0, 0.05) is 32.2 Å². The largest absolute Gasteiger partial charge is 0.395 e. The summed E-state index contributed by atoms with van der Waals surface area (Å²) < 4.78 is 35.5. The van der Waals surface area contributed by atoms with Gasteiger partial charge in [0.25, 0.3) is 5.91 Å². The zero-order valence-electron chi connectivity index (χ0n) is 28.5. The second kappa shape index (κ2) is 19.5. The number of nitrogens with two attached hydrogens (primary N) is 5. The highest BCUT2D eigenvalue weighted by molar-refractivity contribution is 5.81. The first-order chi connectivity index (χ1) is 24.7. The Morgan fingerprint density at radius 3 is 2.02 bits per heavy atom. The van der Waals surface area contributed by atoms with Gasteiger partial charge in [0.05, 0.1) is 43.5 Å². The van der Waals surface area contributed by atoms with E-state index in [1.807, 2.05) is 0 Å². The molecule has 4 aliphatic rings. The second-order valence-corrected chi connectivity index (χ2v) is 13.5. The number of carbonyl (C=O) groups is 1. The molecule has 52 heavy (non-hydrogen) atoms. The van der Waals surface area contributed by atoms with Gasteiger partial charge in [0.15, 0.2) is 25.0 Å². The first kappa shape index (κ1) is 43.4. The lowest BCUT2D eigenvalue weighted by atomic mass is 9.83. The van der Waals surface area contributed by atoms with Crippen molar-refractivity contribution in [2.45, 2.75) is 135 Å². The summed E-state index contributed by atoms with van der Waals surface area (Å²) in [6, 6.07) is -4.48. The Hall–Kier alpha value is -1.37. The number of rotatable bonds is 16. The fourth-order valence-corrected chi connectivity index (χ4v) is 6.70. The van der Waals surface area contributed by atoms with Crippen LogP contribution in [0.15, 0.2) is 0 Å². The Kier molecular flexibility index (Phi) is 16.2. The predicted molar refractivity (Wildman–Crippen MR) is 173 cm³/mol. The van der Waals surface area contributed by atoms with Crippen LogP contribution in [-0.4, -0.2) is 214 Å². The normalized spacial score (nSPS) is 45.4. The van der Waals surface area contributed by atoms with Gasteiger partial charge in [0.2, 0.25) is 0 Å². The van der Waals surface area contributed by atoms with Crippen LogP contribution >= 0.6 is 0 Å². The van der Waals surface area contributed by atoms with E-state index in [1.165, 1.54) is 0 Å². The van der Waals surface area contributed by atoms with E-state index in [-0.39, 0.29) is 39.1 Å². The summed E-state index contributed by atoms with van der Waals surface area (Å²) in [5.41, 5.74) is 29.8. The second-order valence-electron chi connectivity index (χ2n) is 13.5. The van der Waals surface area contributed by atoms with Gasteiger partial charge < -0.3 is 114 Å². The van der Waals surface area contributed by atoms with E-state index in [0.717, 1.165) is 0 Å². The highest BCUT2D eigenvalue weighted by atomic mass is 16.8. The lowest BCUT2D eigenvalue weighted by molar-refractivity contribution is -0.296. The fourth-order valence-electron chi connectivity index (χ4n) is 6.70. The van der Waals surface area contributed by atoms with Crippen LogP contribution in [0.25, 0.3) is 0 Å². The van der Waals surface area contributed by atoms with E-state index in [0.29, 0.717) is 0 Å². The van der Waals surface area contributed by atoms with Gasteiger partial charge in [-0.25, -0.2) is 0 Å². The van der Waals surface area contributed by atoms with Gasteiger partial charge in [-0.3, -0.25) is 4.79 Å². The maximum atomic E-state index is 12.8. The van der Waals surface area contributed by atoms with E-state index in [9.17, 15) is 45.6 Å². The van der Waals surface area contributed by atoms with Crippen LogP contribution in [0.2, 0.25) is 0 Å². The average molecular weight is 760 g/mol. The molecule has 3 saturated heterocycles. The van der Waals surface area contributed by atoms with Gasteiger partial charge >= 0.3 is 0 Å². The zero-order valence-corrected chi connectivity index (χ0v) is 28.5. The molecule has 3 aliphatic heterocycles. The molecule has 4 fully saturated rings. The van der Waals surface area contributed by atoms with Gasteiger partial charge in [-0.15, -0.1) is 0 Å². The number of nitrogens with one attached hydrogen (secondary N) is 2. The molecule has 0 aromatic heterocycles. The molecule has 1 unspecified atom stereocenters. The van der Waals surface area contributed by atoms with Crippen molar-refractivity contribution in [2.75, 3.05) is 39.4 Å². The summed E-state index contributed by atoms with van der Waals surface area (Å²) in [6.45, 7) is -1.18. The zero-order chi connectivity index (χ0) is 38.4. The third kappa shape index (κ3) is 9.89. The van der Waals surface area contributed by atoms with Crippen molar-refractivity contribution in [1.29, 1.82) is 0 Å². The first-order valence-corrected chi connectivity index (χ1v) is 17.3. The molecule has 0 aromatic carbocycles. The maximum Gasteiger partial charge on any atom is 0.251 e. The molecular formula is C29H57N7O16. The number of amides is 1. The molecular weight excluding hydrogens is 702 g/mol. The SMILES string of the molecule is NC[C@@H](O)C(O)C(=O)N[C@@H]1C[C@H](N)[C@@H](O[C@H]2O[C@H](CNCCO)[C@@H](O)C[C@H]2N)[C@H](O[C@@H]2O[C@H](CO)[C@@H](O[C@H]3O[C@@H](CN)[C@@H](O)[C@H](O)[C@H]3N)[C@H]2O)[C@H]1O.